The number of fused-ring (bicyclic) bond motifs is 5. The molecule has 0 radical (unpaired) electrons. The number of rotatable bonds is 15. The third-order valence-corrected chi connectivity index (χ3v) is 11.8. The van der Waals surface area contributed by atoms with E-state index in [-0.39, 0.29) is 10.8 Å². The van der Waals surface area contributed by atoms with Gasteiger partial charge in [-0.25, -0.2) is 0 Å². The molecule has 0 aromatic rings. The molecule has 0 aliphatic heterocycles. The van der Waals surface area contributed by atoms with E-state index >= 15 is 0 Å². The molecular weight excluding hydrogens is 466 g/mol. The molecule has 4 rings (SSSR count). The third kappa shape index (κ3) is 6.95. The summed E-state index contributed by atoms with van der Waals surface area (Å²) in [5.41, 5.74) is 1.96. The standard InChI is InChI=1S/C35H59NO2/c1-4-5-6-7-8-9-10-11-12-13-14-15-16-17-33(38)36-32-21-20-30-29-19-18-27-26-28(37)22-24-34(27,2)31(29)23-25-35(30,32)3/h26,29-32H,4-25H2,1-3H3,(H,36,38)/t29-,30-,31-,32-,34-,35-/m0/s1. The molecule has 0 heterocycles. The maximum absolute atomic E-state index is 12.9. The molecule has 3 heteroatoms. The van der Waals surface area contributed by atoms with Gasteiger partial charge in [-0.2, -0.15) is 0 Å². The van der Waals surface area contributed by atoms with Gasteiger partial charge in [-0.1, -0.05) is 103 Å². The largest absolute Gasteiger partial charge is 0.353 e. The Morgan fingerprint density at radius 3 is 2.08 bits per heavy atom. The molecular formula is C35H59NO2. The summed E-state index contributed by atoms with van der Waals surface area (Å²) in [6.45, 7) is 7.25. The highest BCUT2D eigenvalue weighted by Gasteiger charge is 2.59. The zero-order valence-electron chi connectivity index (χ0n) is 25.3. The number of hydrogen-bond donors (Lipinski definition) is 1. The number of carbonyl (C=O) groups excluding carboxylic acids is 2. The molecule has 216 valence electrons. The Kier molecular flexibility index (Phi) is 11.0. The van der Waals surface area contributed by atoms with Crippen molar-refractivity contribution in [3.8, 4) is 0 Å². The van der Waals surface area contributed by atoms with Crippen LogP contribution in [0.15, 0.2) is 11.6 Å². The summed E-state index contributed by atoms with van der Waals surface area (Å²) in [5, 5.41) is 3.53. The first kappa shape index (κ1) is 29.9. The van der Waals surface area contributed by atoms with Crippen molar-refractivity contribution in [2.75, 3.05) is 0 Å². The summed E-state index contributed by atoms with van der Waals surface area (Å²) in [6.07, 6.45) is 29.3. The lowest BCUT2D eigenvalue weighted by molar-refractivity contribution is -0.123. The molecule has 0 unspecified atom stereocenters. The van der Waals surface area contributed by atoms with Crippen molar-refractivity contribution in [1.82, 2.24) is 5.32 Å². The quantitative estimate of drug-likeness (QED) is 0.216. The minimum atomic E-state index is 0.244. The van der Waals surface area contributed by atoms with Gasteiger partial charge < -0.3 is 5.32 Å². The number of ketones is 1. The van der Waals surface area contributed by atoms with E-state index in [0.717, 1.165) is 49.9 Å². The molecule has 4 aliphatic rings. The summed E-state index contributed by atoms with van der Waals surface area (Å²) < 4.78 is 0. The number of hydrogen-bond acceptors (Lipinski definition) is 2. The number of nitrogens with one attached hydrogen (secondary N) is 1. The second-order valence-electron chi connectivity index (χ2n) is 14.2. The summed E-state index contributed by atoms with van der Waals surface area (Å²) in [7, 11) is 0. The fourth-order valence-electron chi connectivity index (χ4n) is 9.37. The second-order valence-corrected chi connectivity index (χ2v) is 14.2. The van der Waals surface area contributed by atoms with Crippen LogP contribution in [0.1, 0.15) is 162 Å². The minimum absolute atomic E-state index is 0.244. The summed E-state index contributed by atoms with van der Waals surface area (Å²) in [4.78, 5) is 25.0. The van der Waals surface area contributed by atoms with Crippen LogP contribution in [-0.2, 0) is 9.59 Å². The average Bonchev–Trinajstić information content (AvgIpc) is 3.23. The van der Waals surface area contributed by atoms with Gasteiger partial charge in [0.2, 0.25) is 5.91 Å². The lowest BCUT2D eigenvalue weighted by Crippen LogP contribution is -2.54. The van der Waals surface area contributed by atoms with Gasteiger partial charge in [0.15, 0.2) is 5.78 Å². The van der Waals surface area contributed by atoms with Crippen LogP contribution in [0.4, 0.5) is 0 Å². The van der Waals surface area contributed by atoms with Gasteiger partial charge in [-0.3, -0.25) is 9.59 Å². The molecule has 1 amide bonds. The van der Waals surface area contributed by atoms with E-state index in [4.69, 9.17) is 0 Å². The highest BCUT2D eigenvalue weighted by atomic mass is 16.1. The van der Waals surface area contributed by atoms with E-state index in [9.17, 15) is 9.59 Å². The molecule has 3 nitrogen and oxygen atoms in total. The van der Waals surface area contributed by atoms with Crippen LogP contribution in [0.2, 0.25) is 0 Å². The van der Waals surface area contributed by atoms with Crippen LogP contribution < -0.4 is 5.32 Å². The van der Waals surface area contributed by atoms with Crippen LogP contribution in [0.3, 0.4) is 0 Å². The molecule has 0 bridgehead atoms. The van der Waals surface area contributed by atoms with Crippen molar-refractivity contribution in [1.29, 1.82) is 0 Å². The Morgan fingerprint density at radius 1 is 0.789 bits per heavy atom. The van der Waals surface area contributed by atoms with Crippen LogP contribution in [0.25, 0.3) is 0 Å². The van der Waals surface area contributed by atoms with Crippen molar-refractivity contribution in [2.24, 2.45) is 28.6 Å². The molecule has 1 N–H and O–H groups in total. The summed E-state index contributed by atoms with van der Waals surface area (Å²) in [6, 6.07) is 0.362. The Bertz CT molecular complexity index is 817. The number of carbonyl (C=O) groups is 2. The predicted octanol–water partition coefficient (Wildman–Crippen LogP) is 9.48. The van der Waals surface area contributed by atoms with Crippen LogP contribution in [-0.4, -0.2) is 17.7 Å². The van der Waals surface area contributed by atoms with Gasteiger partial charge in [0.25, 0.3) is 0 Å². The molecule has 3 fully saturated rings. The maximum Gasteiger partial charge on any atom is 0.220 e. The molecule has 3 saturated carbocycles. The lowest BCUT2D eigenvalue weighted by Gasteiger charge is -2.58. The zero-order valence-corrected chi connectivity index (χ0v) is 25.3. The third-order valence-electron chi connectivity index (χ3n) is 11.8. The predicted molar refractivity (Wildman–Crippen MR) is 159 cm³/mol. The molecule has 0 saturated heterocycles. The van der Waals surface area contributed by atoms with Crippen LogP contribution in [0, 0.1) is 28.6 Å². The topological polar surface area (TPSA) is 46.2 Å². The van der Waals surface area contributed by atoms with Gasteiger partial charge in [-0.05, 0) is 86.0 Å². The highest BCUT2D eigenvalue weighted by Crippen LogP contribution is 2.65. The average molecular weight is 526 g/mol. The summed E-state index contributed by atoms with van der Waals surface area (Å²) >= 11 is 0. The number of allylic oxidation sites excluding steroid dienone is 1. The maximum atomic E-state index is 12.9. The van der Waals surface area contributed by atoms with E-state index in [1.54, 1.807) is 0 Å². The molecule has 38 heavy (non-hydrogen) atoms. The van der Waals surface area contributed by atoms with Crippen LogP contribution in [0.5, 0.6) is 0 Å². The van der Waals surface area contributed by atoms with Gasteiger partial charge in [0.05, 0.1) is 0 Å². The Balaban J connectivity index is 1.12. The normalized spacial score (nSPS) is 34.3. The minimum Gasteiger partial charge on any atom is -0.353 e. The highest BCUT2D eigenvalue weighted by molar-refractivity contribution is 5.91. The lowest BCUT2D eigenvalue weighted by atomic mass is 9.47. The molecule has 0 aromatic carbocycles. The van der Waals surface area contributed by atoms with Crippen LogP contribution >= 0.6 is 0 Å². The first-order valence-electron chi connectivity index (χ1n) is 16.9. The fraction of sp³-hybridized carbons (Fsp3) is 0.886. The first-order valence-corrected chi connectivity index (χ1v) is 16.9. The number of unbranched alkanes of at least 4 members (excludes halogenated alkanes) is 12. The second kappa shape index (κ2) is 14.0. The first-order chi connectivity index (χ1) is 18.4. The van der Waals surface area contributed by atoms with Gasteiger partial charge in [0, 0.05) is 18.9 Å². The van der Waals surface area contributed by atoms with E-state index in [1.165, 1.54) is 108 Å². The van der Waals surface area contributed by atoms with Crippen molar-refractivity contribution in [3.05, 3.63) is 11.6 Å². The Hall–Kier alpha value is -1.12. The summed E-state index contributed by atoms with van der Waals surface area (Å²) in [5.74, 6) is 2.89. The fourth-order valence-corrected chi connectivity index (χ4v) is 9.37. The van der Waals surface area contributed by atoms with Gasteiger partial charge in [0.1, 0.15) is 0 Å². The number of amides is 1. The van der Waals surface area contributed by atoms with E-state index < -0.39 is 0 Å². The molecule has 6 atom stereocenters. The van der Waals surface area contributed by atoms with E-state index in [0.29, 0.717) is 24.2 Å². The van der Waals surface area contributed by atoms with Crippen molar-refractivity contribution in [3.63, 3.8) is 0 Å². The molecule has 0 spiro atoms. The smallest absolute Gasteiger partial charge is 0.220 e. The Morgan fingerprint density at radius 2 is 1.42 bits per heavy atom. The van der Waals surface area contributed by atoms with Crippen molar-refractivity contribution >= 4 is 11.7 Å². The van der Waals surface area contributed by atoms with Crippen molar-refractivity contribution < 1.29 is 9.59 Å². The zero-order chi connectivity index (χ0) is 27.0. The van der Waals surface area contributed by atoms with E-state index in [2.05, 4.69) is 26.1 Å². The van der Waals surface area contributed by atoms with Crippen molar-refractivity contribution in [2.45, 2.75) is 168 Å². The molecule has 0 aromatic heterocycles. The van der Waals surface area contributed by atoms with Gasteiger partial charge >= 0.3 is 0 Å². The van der Waals surface area contributed by atoms with E-state index in [1.807, 2.05) is 6.08 Å². The SMILES string of the molecule is CCCCCCCCCCCCCCCC(=O)N[C@H]1CC[C@H]2[C@@H]3CCC4=CC(=O)CC[C@]4(C)[C@H]3CC[C@]12C. The van der Waals surface area contributed by atoms with Gasteiger partial charge in [-0.15, -0.1) is 0 Å². The monoisotopic (exact) mass is 525 g/mol. The Labute approximate surface area is 234 Å². The molecule has 4 aliphatic carbocycles.